The molecule has 0 bridgehead atoms. The van der Waals surface area contributed by atoms with Gasteiger partial charge in [-0.25, -0.2) is 0 Å². The van der Waals surface area contributed by atoms with E-state index in [1.54, 1.807) is 25.1 Å². The van der Waals surface area contributed by atoms with Crippen LogP contribution in [0.1, 0.15) is 17.3 Å². The van der Waals surface area contributed by atoms with Gasteiger partial charge in [0.1, 0.15) is 0 Å². The van der Waals surface area contributed by atoms with Crippen molar-refractivity contribution in [2.75, 3.05) is 5.73 Å². The van der Waals surface area contributed by atoms with Crippen LogP contribution in [0.25, 0.3) is 0 Å². The fraction of sp³-hybridized carbons (Fsp3) is 0.182. The molecular formula is C11H11BrN2O. The Hall–Kier alpha value is -1.47. The summed E-state index contributed by atoms with van der Waals surface area (Å²) in [7, 11) is 0. The molecule has 15 heavy (non-hydrogen) atoms. The van der Waals surface area contributed by atoms with E-state index >= 15 is 0 Å². The number of hydrogen-bond acceptors (Lipinski definition) is 2. The lowest BCUT2D eigenvalue weighted by Crippen LogP contribution is -2.31. The van der Waals surface area contributed by atoms with Crippen LogP contribution >= 0.6 is 15.9 Å². The molecule has 3 N–H and O–H groups in total. The van der Waals surface area contributed by atoms with Crippen molar-refractivity contribution in [3.8, 4) is 12.3 Å². The second kappa shape index (κ2) is 4.85. The standard InChI is InChI=1S/C11H11BrN2O/c1-3-7(2)14-11(15)8-4-5-9(12)10(13)6-8/h1,4-7H,13H2,2H3,(H,14,15). The molecule has 0 aliphatic carbocycles. The van der Waals surface area contributed by atoms with Crippen molar-refractivity contribution in [3.05, 3.63) is 28.2 Å². The molecule has 0 spiro atoms. The van der Waals surface area contributed by atoms with Crippen molar-refractivity contribution in [2.45, 2.75) is 13.0 Å². The number of nitrogen functional groups attached to an aromatic ring is 1. The van der Waals surface area contributed by atoms with E-state index in [-0.39, 0.29) is 11.9 Å². The number of terminal acetylenes is 1. The molecule has 1 rings (SSSR count). The van der Waals surface area contributed by atoms with E-state index in [1.165, 1.54) is 0 Å². The lowest BCUT2D eigenvalue weighted by molar-refractivity contribution is 0.0948. The van der Waals surface area contributed by atoms with E-state index in [4.69, 9.17) is 12.2 Å². The van der Waals surface area contributed by atoms with Crippen LogP contribution < -0.4 is 11.1 Å². The minimum atomic E-state index is -0.289. The smallest absolute Gasteiger partial charge is 0.252 e. The summed E-state index contributed by atoms with van der Waals surface area (Å²) < 4.78 is 0.768. The fourth-order valence-corrected chi connectivity index (χ4v) is 1.25. The van der Waals surface area contributed by atoms with Gasteiger partial charge in [0.05, 0.1) is 6.04 Å². The van der Waals surface area contributed by atoms with Gasteiger partial charge in [-0.05, 0) is 41.1 Å². The van der Waals surface area contributed by atoms with Gasteiger partial charge in [0.15, 0.2) is 0 Å². The highest BCUT2D eigenvalue weighted by Crippen LogP contribution is 2.20. The van der Waals surface area contributed by atoms with Crippen LogP contribution in [0.2, 0.25) is 0 Å². The maximum atomic E-state index is 11.6. The molecule has 1 aromatic carbocycles. The molecule has 0 fully saturated rings. The molecule has 78 valence electrons. The average Bonchev–Trinajstić information content (AvgIpc) is 2.21. The zero-order chi connectivity index (χ0) is 11.4. The highest BCUT2D eigenvalue weighted by atomic mass is 79.9. The van der Waals surface area contributed by atoms with Gasteiger partial charge in [-0.3, -0.25) is 4.79 Å². The number of amides is 1. The molecule has 3 nitrogen and oxygen atoms in total. The summed E-state index contributed by atoms with van der Waals surface area (Å²) in [6.07, 6.45) is 5.16. The Labute approximate surface area is 97.2 Å². The number of benzene rings is 1. The van der Waals surface area contributed by atoms with Crippen LogP contribution in [0, 0.1) is 12.3 Å². The van der Waals surface area contributed by atoms with Crippen LogP contribution in [0.15, 0.2) is 22.7 Å². The first-order valence-corrected chi connectivity index (χ1v) is 5.16. The molecule has 1 unspecified atom stereocenters. The summed E-state index contributed by atoms with van der Waals surface area (Å²) in [5.41, 5.74) is 6.68. The summed E-state index contributed by atoms with van der Waals surface area (Å²) in [4.78, 5) is 11.6. The summed E-state index contributed by atoms with van der Waals surface area (Å²) in [5.74, 6) is 2.20. The van der Waals surface area contributed by atoms with E-state index in [0.717, 1.165) is 4.47 Å². The van der Waals surface area contributed by atoms with E-state index in [2.05, 4.69) is 27.2 Å². The largest absolute Gasteiger partial charge is 0.398 e. The molecule has 1 aromatic rings. The van der Waals surface area contributed by atoms with Crippen LogP contribution in [0.4, 0.5) is 5.69 Å². The van der Waals surface area contributed by atoms with Crippen molar-refractivity contribution in [3.63, 3.8) is 0 Å². The minimum absolute atomic E-state index is 0.223. The number of carbonyl (C=O) groups excluding carboxylic acids is 1. The Bertz CT molecular complexity index is 423. The summed E-state index contributed by atoms with van der Waals surface area (Å²) >= 11 is 3.25. The van der Waals surface area contributed by atoms with Gasteiger partial charge in [0.2, 0.25) is 0 Å². The number of nitrogens with one attached hydrogen (secondary N) is 1. The topological polar surface area (TPSA) is 55.1 Å². The Morgan fingerprint density at radius 1 is 1.67 bits per heavy atom. The quantitative estimate of drug-likeness (QED) is 0.634. The van der Waals surface area contributed by atoms with Crippen LogP contribution in [0.5, 0.6) is 0 Å². The van der Waals surface area contributed by atoms with Crippen molar-refractivity contribution in [1.82, 2.24) is 5.32 Å². The molecule has 0 heterocycles. The van der Waals surface area contributed by atoms with E-state index in [0.29, 0.717) is 11.3 Å². The van der Waals surface area contributed by atoms with Gasteiger partial charge >= 0.3 is 0 Å². The van der Waals surface area contributed by atoms with Gasteiger partial charge < -0.3 is 11.1 Å². The number of halogens is 1. The molecule has 0 aliphatic rings. The van der Waals surface area contributed by atoms with Gasteiger partial charge in [0, 0.05) is 15.7 Å². The highest BCUT2D eigenvalue weighted by Gasteiger charge is 2.08. The van der Waals surface area contributed by atoms with Crippen molar-refractivity contribution in [2.24, 2.45) is 0 Å². The molecule has 0 aliphatic heterocycles. The number of carbonyl (C=O) groups is 1. The number of rotatable bonds is 2. The molecular weight excluding hydrogens is 256 g/mol. The zero-order valence-corrected chi connectivity index (χ0v) is 9.84. The zero-order valence-electron chi connectivity index (χ0n) is 8.25. The Morgan fingerprint density at radius 3 is 2.87 bits per heavy atom. The van der Waals surface area contributed by atoms with E-state index in [1.807, 2.05) is 0 Å². The van der Waals surface area contributed by atoms with Gasteiger partial charge in [-0.2, -0.15) is 0 Å². The first-order chi connectivity index (χ1) is 7.04. The number of hydrogen-bond donors (Lipinski definition) is 2. The fourth-order valence-electron chi connectivity index (χ4n) is 1.01. The van der Waals surface area contributed by atoms with Crippen LogP contribution in [-0.2, 0) is 0 Å². The molecule has 1 amide bonds. The molecule has 0 aromatic heterocycles. The molecule has 0 saturated carbocycles. The van der Waals surface area contributed by atoms with Gasteiger partial charge in [-0.15, -0.1) is 6.42 Å². The third-order valence-electron chi connectivity index (χ3n) is 1.86. The van der Waals surface area contributed by atoms with Crippen LogP contribution in [0.3, 0.4) is 0 Å². The molecule has 1 atom stereocenters. The predicted octanol–water partition coefficient (Wildman–Crippen LogP) is 1.78. The predicted molar refractivity (Wildman–Crippen MR) is 64.3 cm³/mol. The Morgan fingerprint density at radius 2 is 2.33 bits per heavy atom. The summed E-state index contributed by atoms with van der Waals surface area (Å²) in [6.45, 7) is 1.74. The van der Waals surface area contributed by atoms with Gasteiger partial charge in [-0.1, -0.05) is 5.92 Å². The van der Waals surface area contributed by atoms with Crippen molar-refractivity contribution >= 4 is 27.5 Å². The Balaban J connectivity index is 2.84. The van der Waals surface area contributed by atoms with Crippen molar-refractivity contribution in [1.29, 1.82) is 0 Å². The number of nitrogens with two attached hydrogens (primary N) is 1. The lowest BCUT2D eigenvalue weighted by atomic mass is 10.2. The van der Waals surface area contributed by atoms with Crippen LogP contribution in [-0.4, -0.2) is 11.9 Å². The summed E-state index contributed by atoms with van der Waals surface area (Å²) in [5, 5.41) is 2.65. The molecule has 0 radical (unpaired) electrons. The highest BCUT2D eigenvalue weighted by molar-refractivity contribution is 9.10. The molecule has 0 saturated heterocycles. The van der Waals surface area contributed by atoms with Crippen molar-refractivity contribution < 1.29 is 4.79 Å². The second-order valence-electron chi connectivity index (χ2n) is 3.10. The third kappa shape index (κ3) is 3.00. The average molecular weight is 267 g/mol. The first-order valence-electron chi connectivity index (χ1n) is 4.36. The molecule has 4 heteroatoms. The minimum Gasteiger partial charge on any atom is -0.398 e. The Kier molecular flexibility index (Phi) is 3.75. The maximum absolute atomic E-state index is 11.6. The normalized spacial score (nSPS) is 11.5. The SMILES string of the molecule is C#CC(C)NC(=O)c1ccc(Br)c(N)c1. The maximum Gasteiger partial charge on any atom is 0.252 e. The monoisotopic (exact) mass is 266 g/mol. The second-order valence-corrected chi connectivity index (χ2v) is 3.95. The van der Waals surface area contributed by atoms with Gasteiger partial charge in [0.25, 0.3) is 5.91 Å². The lowest BCUT2D eigenvalue weighted by Gasteiger charge is -2.08. The number of anilines is 1. The first kappa shape index (κ1) is 11.6. The van der Waals surface area contributed by atoms with E-state index < -0.39 is 0 Å². The summed E-state index contributed by atoms with van der Waals surface area (Å²) in [6, 6.07) is 4.72. The van der Waals surface area contributed by atoms with E-state index in [9.17, 15) is 4.79 Å². The third-order valence-corrected chi connectivity index (χ3v) is 2.58.